The SMILES string of the molecule is CCCCCCCCC=CCCCCCCCC(=O)OCC(OCC(C=O)CCCCCCC=CCCCCCCCC)C(=O)NCCN=Cc1ccc(C(=O)NCCCCC(C)C)cc1. The number of amides is 2. The van der Waals surface area contributed by atoms with Crippen LogP contribution in [0.2, 0.25) is 0 Å². The summed E-state index contributed by atoms with van der Waals surface area (Å²) in [5.41, 5.74) is 1.46. The van der Waals surface area contributed by atoms with Crippen LogP contribution >= 0.6 is 0 Å². The first-order valence-corrected chi connectivity index (χ1v) is 27.0. The van der Waals surface area contributed by atoms with Crippen LogP contribution in [-0.2, 0) is 23.9 Å². The number of rotatable bonds is 46. The fourth-order valence-electron chi connectivity index (χ4n) is 7.74. The first-order valence-electron chi connectivity index (χ1n) is 27.0. The summed E-state index contributed by atoms with van der Waals surface area (Å²) in [6.45, 7) is 10.1. The molecule has 66 heavy (non-hydrogen) atoms. The Balaban J connectivity index is 2.51. The number of carbonyl (C=O) groups is 4. The number of nitrogens with zero attached hydrogens (tertiary/aromatic N) is 1. The molecule has 1 aromatic carbocycles. The van der Waals surface area contributed by atoms with E-state index >= 15 is 0 Å². The Morgan fingerprint density at radius 3 is 1.65 bits per heavy atom. The average molecular weight is 920 g/mol. The fourth-order valence-corrected chi connectivity index (χ4v) is 7.74. The van der Waals surface area contributed by atoms with Gasteiger partial charge >= 0.3 is 5.97 Å². The van der Waals surface area contributed by atoms with Crippen LogP contribution in [0.4, 0.5) is 0 Å². The zero-order chi connectivity index (χ0) is 48.0. The number of aliphatic imine (C=N–C) groups is 1. The van der Waals surface area contributed by atoms with Crippen LogP contribution in [0, 0.1) is 11.8 Å². The van der Waals surface area contributed by atoms with E-state index in [2.05, 4.69) is 67.6 Å². The van der Waals surface area contributed by atoms with Gasteiger partial charge in [-0.05, 0) is 94.2 Å². The Kier molecular flexibility index (Phi) is 41.4. The molecular weight excluding hydrogens is 823 g/mol. The van der Waals surface area contributed by atoms with E-state index in [-0.39, 0.29) is 37.6 Å². The molecular formula is C57H97N3O6. The van der Waals surface area contributed by atoms with Gasteiger partial charge in [0.05, 0.1) is 13.2 Å². The van der Waals surface area contributed by atoms with Crippen molar-refractivity contribution >= 4 is 30.3 Å². The van der Waals surface area contributed by atoms with Gasteiger partial charge < -0.3 is 24.9 Å². The minimum absolute atomic E-state index is 0.0802. The van der Waals surface area contributed by atoms with E-state index < -0.39 is 12.0 Å². The molecule has 0 aliphatic rings. The van der Waals surface area contributed by atoms with Crippen LogP contribution in [0.25, 0.3) is 0 Å². The minimum atomic E-state index is -1.02. The van der Waals surface area contributed by atoms with Crippen LogP contribution in [-0.4, -0.2) is 69.2 Å². The lowest BCUT2D eigenvalue weighted by atomic mass is 10.0. The monoisotopic (exact) mass is 920 g/mol. The maximum absolute atomic E-state index is 13.3. The lowest BCUT2D eigenvalue weighted by Crippen LogP contribution is -2.41. The van der Waals surface area contributed by atoms with Gasteiger partial charge in [-0.2, -0.15) is 0 Å². The summed E-state index contributed by atoms with van der Waals surface area (Å²) >= 11 is 0. The van der Waals surface area contributed by atoms with Gasteiger partial charge in [-0.3, -0.25) is 19.4 Å². The highest BCUT2D eigenvalue weighted by atomic mass is 16.6. The number of nitrogens with one attached hydrogen (secondary N) is 2. The van der Waals surface area contributed by atoms with Gasteiger partial charge in [-0.1, -0.05) is 180 Å². The van der Waals surface area contributed by atoms with Crippen LogP contribution in [0.5, 0.6) is 0 Å². The molecule has 9 nitrogen and oxygen atoms in total. The molecule has 0 spiro atoms. The summed E-state index contributed by atoms with van der Waals surface area (Å²) in [4.78, 5) is 55.0. The summed E-state index contributed by atoms with van der Waals surface area (Å²) in [6, 6.07) is 7.28. The van der Waals surface area contributed by atoms with E-state index in [1.807, 2.05) is 12.1 Å². The molecule has 1 rings (SSSR count). The Bertz CT molecular complexity index is 1410. The van der Waals surface area contributed by atoms with Crippen molar-refractivity contribution in [2.75, 3.05) is 32.8 Å². The fraction of sp³-hybridized carbons (Fsp3) is 0.737. The smallest absolute Gasteiger partial charge is 0.305 e. The van der Waals surface area contributed by atoms with E-state index in [1.54, 1.807) is 18.3 Å². The third-order valence-corrected chi connectivity index (χ3v) is 12.1. The number of carbonyl (C=O) groups excluding carboxylic acids is 4. The quantitative estimate of drug-likeness (QED) is 0.0221. The van der Waals surface area contributed by atoms with E-state index in [0.717, 1.165) is 95.3 Å². The molecule has 1 aromatic rings. The number of ether oxygens (including phenoxy) is 2. The molecule has 376 valence electrons. The van der Waals surface area contributed by atoms with Crippen molar-refractivity contribution in [2.24, 2.45) is 16.8 Å². The minimum Gasteiger partial charge on any atom is -0.462 e. The molecule has 0 saturated heterocycles. The molecule has 0 bridgehead atoms. The first-order chi connectivity index (χ1) is 32.3. The molecule has 0 heterocycles. The predicted molar refractivity (Wildman–Crippen MR) is 277 cm³/mol. The second-order valence-electron chi connectivity index (χ2n) is 18.8. The second-order valence-corrected chi connectivity index (χ2v) is 18.8. The number of esters is 1. The number of hydrogen-bond acceptors (Lipinski definition) is 7. The number of hydrogen-bond donors (Lipinski definition) is 2. The molecule has 0 aliphatic heterocycles. The third kappa shape index (κ3) is 37.5. The zero-order valence-corrected chi connectivity index (χ0v) is 42.7. The molecule has 0 aliphatic carbocycles. The second kappa shape index (κ2) is 45.2. The Morgan fingerprint density at radius 1 is 0.591 bits per heavy atom. The molecule has 2 N–H and O–H groups in total. The van der Waals surface area contributed by atoms with Gasteiger partial charge in [-0.15, -0.1) is 0 Å². The molecule has 2 atom stereocenters. The summed E-state index contributed by atoms with van der Waals surface area (Å²) in [5, 5.41) is 5.86. The van der Waals surface area contributed by atoms with Crippen LogP contribution in [0.3, 0.4) is 0 Å². The highest BCUT2D eigenvalue weighted by Crippen LogP contribution is 2.15. The standard InChI is InChI=1S/C57H97N3O6/c1-5-7-9-11-13-15-17-19-21-23-25-27-29-31-33-38-55(62)66-49-54(65-48-52(47-61)37-32-30-28-26-24-22-20-18-16-14-12-10-8-6-2)57(64)60-45-44-58-46-51-39-41-53(42-40-51)56(63)59-43-35-34-36-50(3)4/h19-22,39-42,46-47,50,52,54H,5-18,23-38,43-45,48-49H2,1-4H3,(H,59,63)(H,60,64). The number of unbranched alkanes of at least 4 members (excludes halogenated alkanes) is 22. The first kappa shape index (κ1) is 60.4. The topological polar surface area (TPSA) is 123 Å². The normalized spacial score (nSPS) is 12.7. The van der Waals surface area contributed by atoms with Gasteiger partial charge in [0, 0.05) is 37.2 Å². The molecule has 0 radical (unpaired) electrons. The van der Waals surface area contributed by atoms with Gasteiger partial charge in [0.25, 0.3) is 11.8 Å². The molecule has 9 heteroatoms. The van der Waals surface area contributed by atoms with Crippen LogP contribution in [0.15, 0.2) is 53.6 Å². The molecule has 0 aromatic heterocycles. The van der Waals surface area contributed by atoms with Crippen molar-refractivity contribution in [2.45, 2.75) is 226 Å². The predicted octanol–water partition coefficient (Wildman–Crippen LogP) is 14.2. The van der Waals surface area contributed by atoms with E-state index in [9.17, 15) is 19.2 Å². The lowest BCUT2D eigenvalue weighted by molar-refractivity contribution is -0.153. The molecule has 0 fully saturated rings. The van der Waals surface area contributed by atoms with Crippen molar-refractivity contribution in [1.29, 1.82) is 0 Å². The zero-order valence-electron chi connectivity index (χ0n) is 42.7. The highest BCUT2D eigenvalue weighted by Gasteiger charge is 2.23. The molecule has 2 unspecified atom stereocenters. The van der Waals surface area contributed by atoms with Crippen LogP contribution in [0.1, 0.15) is 236 Å². The third-order valence-electron chi connectivity index (χ3n) is 12.1. The molecule has 2 amide bonds. The summed E-state index contributed by atoms with van der Waals surface area (Å²) in [6.07, 6.45) is 45.0. The van der Waals surface area contributed by atoms with Crippen molar-refractivity contribution in [3.63, 3.8) is 0 Å². The Morgan fingerprint density at radius 2 is 1.11 bits per heavy atom. The van der Waals surface area contributed by atoms with E-state index in [0.29, 0.717) is 37.4 Å². The van der Waals surface area contributed by atoms with Crippen molar-refractivity contribution < 1.29 is 28.7 Å². The van der Waals surface area contributed by atoms with Crippen molar-refractivity contribution in [1.82, 2.24) is 10.6 Å². The summed E-state index contributed by atoms with van der Waals surface area (Å²) in [5.74, 6) is -0.477. The Labute approximate surface area is 404 Å². The summed E-state index contributed by atoms with van der Waals surface area (Å²) < 4.78 is 11.6. The maximum Gasteiger partial charge on any atom is 0.305 e. The van der Waals surface area contributed by atoms with E-state index in [1.165, 1.54) is 96.3 Å². The molecule has 0 saturated carbocycles. The summed E-state index contributed by atoms with van der Waals surface area (Å²) in [7, 11) is 0. The maximum atomic E-state index is 13.3. The van der Waals surface area contributed by atoms with Crippen LogP contribution < -0.4 is 10.6 Å². The van der Waals surface area contributed by atoms with Gasteiger partial charge in [0.2, 0.25) is 0 Å². The van der Waals surface area contributed by atoms with Crippen molar-refractivity contribution in [3.05, 3.63) is 59.7 Å². The Hall–Kier alpha value is -3.59. The highest BCUT2D eigenvalue weighted by molar-refractivity contribution is 5.95. The number of benzene rings is 1. The van der Waals surface area contributed by atoms with Gasteiger partial charge in [0.1, 0.15) is 12.9 Å². The van der Waals surface area contributed by atoms with Gasteiger partial charge in [0.15, 0.2) is 6.10 Å². The van der Waals surface area contributed by atoms with Crippen molar-refractivity contribution in [3.8, 4) is 0 Å². The van der Waals surface area contributed by atoms with E-state index in [4.69, 9.17) is 9.47 Å². The number of allylic oxidation sites excluding steroid dienone is 4. The largest absolute Gasteiger partial charge is 0.462 e. The average Bonchev–Trinajstić information content (AvgIpc) is 3.31. The lowest BCUT2D eigenvalue weighted by Gasteiger charge is -2.19. The van der Waals surface area contributed by atoms with Gasteiger partial charge in [-0.25, -0.2) is 0 Å². The number of aldehydes is 1.